The second-order valence-corrected chi connectivity index (χ2v) is 6.46. The first-order valence-electron chi connectivity index (χ1n) is 6.62. The Morgan fingerprint density at radius 1 is 1.17 bits per heavy atom. The van der Waals surface area contributed by atoms with Crippen molar-refractivity contribution in [3.05, 3.63) is 59.4 Å². The Kier molecular flexibility index (Phi) is 4.97. The Balaban J connectivity index is 2.24. The number of carboxylic acids is 1. The van der Waals surface area contributed by atoms with E-state index in [1.54, 1.807) is 19.2 Å². The van der Waals surface area contributed by atoms with Gasteiger partial charge in [0, 0.05) is 6.54 Å². The fraction of sp³-hybridized carbons (Fsp3) is 0.133. The standard InChI is InChI=1S/C15H15FN2O4S/c1-17-9-10-2-5-12(6-3-10)23(21,22)18-11-4-7-13(15(19)20)14(16)8-11/h2-8,17-18H,9H2,1H3,(H,19,20). The maximum Gasteiger partial charge on any atom is 0.338 e. The SMILES string of the molecule is CNCc1ccc(S(=O)(=O)Nc2ccc(C(=O)O)c(F)c2)cc1. The summed E-state index contributed by atoms with van der Waals surface area (Å²) in [6, 6.07) is 9.24. The van der Waals surface area contributed by atoms with Crippen molar-refractivity contribution >= 4 is 21.7 Å². The number of benzene rings is 2. The normalized spacial score (nSPS) is 11.2. The van der Waals surface area contributed by atoms with Gasteiger partial charge < -0.3 is 10.4 Å². The molecule has 0 heterocycles. The molecular formula is C15H15FN2O4S. The lowest BCUT2D eigenvalue weighted by molar-refractivity contribution is 0.0692. The molecule has 23 heavy (non-hydrogen) atoms. The topological polar surface area (TPSA) is 95.5 Å². The van der Waals surface area contributed by atoms with E-state index in [1.165, 1.54) is 18.2 Å². The molecule has 0 aliphatic rings. The number of aromatic carboxylic acids is 1. The third-order valence-corrected chi connectivity index (χ3v) is 4.46. The number of hydrogen-bond acceptors (Lipinski definition) is 4. The van der Waals surface area contributed by atoms with Gasteiger partial charge in [-0.2, -0.15) is 0 Å². The summed E-state index contributed by atoms with van der Waals surface area (Å²) in [5.74, 6) is -2.43. The Morgan fingerprint density at radius 3 is 2.35 bits per heavy atom. The van der Waals surface area contributed by atoms with Crippen molar-refractivity contribution in [2.45, 2.75) is 11.4 Å². The van der Waals surface area contributed by atoms with Crippen LogP contribution in [0.15, 0.2) is 47.4 Å². The van der Waals surface area contributed by atoms with Gasteiger partial charge in [0.15, 0.2) is 0 Å². The molecule has 8 heteroatoms. The average molecular weight is 338 g/mol. The van der Waals surface area contributed by atoms with Crippen LogP contribution in [0.4, 0.5) is 10.1 Å². The maximum atomic E-state index is 13.6. The molecule has 3 N–H and O–H groups in total. The monoisotopic (exact) mass is 338 g/mol. The van der Waals surface area contributed by atoms with Crippen LogP contribution in [0.2, 0.25) is 0 Å². The molecule has 2 aromatic carbocycles. The fourth-order valence-electron chi connectivity index (χ4n) is 1.96. The smallest absolute Gasteiger partial charge is 0.338 e. The summed E-state index contributed by atoms with van der Waals surface area (Å²) < 4.78 is 40.3. The number of rotatable bonds is 6. The molecule has 0 amide bonds. The molecule has 0 saturated heterocycles. The van der Waals surface area contributed by atoms with Gasteiger partial charge in [-0.1, -0.05) is 12.1 Å². The van der Waals surface area contributed by atoms with Gasteiger partial charge in [0.25, 0.3) is 10.0 Å². The highest BCUT2D eigenvalue weighted by atomic mass is 32.2. The van der Waals surface area contributed by atoms with Crippen LogP contribution < -0.4 is 10.0 Å². The number of sulfonamides is 1. The minimum atomic E-state index is -3.88. The van der Waals surface area contributed by atoms with Crippen LogP contribution in [0.1, 0.15) is 15.9 Å². The summed E-state index contributed by atoms with van der Waals surface area (Å²) in [5, 5.41) is 11.7. The Labute approximate surface area is 133 Å². The minimum Gasteiger partial charge on any atom is -0.478 e. The van der Waals surface area contributed by atoms with Crippen LogP contribution in [-0.2, 0) is 16.6 Å². The van der Waals surface area contributed by atoms with Crippen molar-refractivity contribution in [1.82, 2.24) is 5.32 Å². The quantitative estimate of drug-likeness (QED) is 0.749. The van der Waals surface area contributed by atoms with E-state index in [9.17, 15) is 17.6 Å². The summed E-state index contributed by atoms with van der Waals surface area (Å²) in [5.41, 5.74) is 0.347. The molecule has 0 aliphatic heterocycles. The zero-order valence-electron chi connectivity index (χ0n) is 12.2. The van der Waals surface area contributed by atoms with Crippen LogP contribution in [0.25, 0.3) is 0 Å². The van der Waals surface area contributed by atoms with Crippen molar-refractivity contribution in [1.29, 1.82) is 0 Å². The van der Waals surface area contributed by atoms with Gasteiger partial charge in [0.2, 0.25) is 0 Å². The van der Waals surface area contributed by atoms with Crippen molar-refractivity contribution in [3.63, 3.8) is 0 Å². The first-order chi connectivity index (χ1) is 10.8. The molecule has 0 atom stereocenters. The molecule has 0 bridgehead atoms. The van der Waals surface area contributed by atoms with Gasteiger partial charge in [-0.3, -0.25) is 4.72 Å². The number of carbonyl (C=O) groups is 1. The summed E-state index contributed by atoms with van der Waals surface area (Å²) in [6.07, 6.45) is 0. The molecule has 0 saturated carbocycles. The Bertz CT molecular complexity index is 820. The first kappa shape index (κ1) is 16.9. The molecule has 0 radical (unpaired) electrons. The molecule has 122 valence electrons. The summed E-state index contributed by atoms with van der Waals surface area (Å²) in [7, 11) is -2.10. The predicted molar refractivity (Wildman–Crippen MR) is 83.4 cm³/mol. The van der Waals surface area contributed by atoms with Gasteiger partial charge in [0.1, 0.15) is 5.82 Å². The number of anilines is 1. The van der Waals surface area contributed by atoms with Crippen molar-refractivity contribution < 1.29 is 22.7 Å². The van der Waals surface area contributed by atoms with Gasteiger partial charge in [-0.05, 0) is 42.9 Å². The predicted octanol–water partition coefficient (Wildman–Crippen LogP) is 2.04. The molecule has 2 rings (SSSR count). The highest BCUT2D eigenvalue weighted by Crippen LogP contribution is 2.19. The first-order valence-corrected chi connectivity index (χ1v) is 8.11. The lowest BCUT2D eigenvalue weighted by atomic mass is 10.2. The zero-order chi connectivity index (χ0) is 17.0. The van der Waals surface area contributed by atoms with E-state index in [-0.39, 0.29) is 10.6 Å². The van der Waals surface area contributed by atoms with E-state index in [1.807, 2.05) is 0 Å². The molecule has 0 aliphatic carbocycles. The van der Waals surface area contributed by atoms with Crippen molar-refractivity contribution in [2.24, 2.45) is 0 Å². The molecular weight excluding hydrogens is 323 g/mol. The minimum absolute atomic E-state index is 0.0278. The van der Waals surface area contributed by atoms with Crippen molar-refractivity contribution in [2.75, 3.05) is 11.8 Å². The van der Waals surface area contributed by atoms with Crippen LogP contribution in [-0.4, -0.2) is 26.5 Å². The molecule has 0 spiro atoms. The average Bonchev–Trinajstić information content (AvgIpc) is 2.47. The second kappa shape index (κ2) is 6.76. The van der Waals surface area contributed by atoms with Crippen LogP contribution in [0.3, 0.4) is 0 Å². The zero-order valence-corrected chi connectivity index (χ0v) is 13.0. The van der Waals surface area contributed by atoms with Crippen LogP contribution in [0.5, 0.6) is 0 Å². The summed E-state index contributed by atoms with van der Waals surface area (Å²) >= 11 is 0. The highest BCUT2D eigenvalue weighted by molar-refractivity contribution is 7.92. The van der Waals surface area contributed by atoms with Crippen LogP contribution >= 0.6 is 0 Å². The third kappa shape index (κ3) is 4.05. The maximum absolute atomic E-state index is 13.6. The van der Waals surface area contributed by atoms with E-state index in [2.05, 4.69) is 10.0 Å². The molecule has 2 aromatic rings. The molecule has 0 unspecified atom stereocenters. The second-order valence-electron chi connectivity index (χ2n) is 4.78. The molecule has 0 fully saturated rings. The van der Waals surface area contributed by atoms with E-state index < -0.39 is 27.4 Å². The van der Waals surface area contributed by atoms with E-state index in [4.69, 9.17) is 5.11 Å². The summed E-state index contributed by atoms with van der Waals surface area (Å²) in [4.78, 5) is 10.8. The lowest BCUT2D eigenvalue weighted by Crippen LogP contribution is -2.14. The largest absolute Gasteiger partial charge is 0.478 e. The lowest BCUT2D eigenvalue weighted by Gasteiger charge is -2.09. The number of hydrogen-bond donors (Lipinski definition) is 3. The van der Waals surface area contributed by atoms with Gasteiger partial charge in [-0.15, -0.1) is 0 Å². The fourth-order valence-corrected chi connectivity index (χ4v) is 3.01. The van der Waals surface area contributed by atoms with Crippen LogP contribution in [0, 0.1) is 5.82 Å². The molecule has 0 aromatic heterocycles. The Hall–Kier alpha value is -2.45. The van der Waals surface area contributed by atoms with Gasteiger partial charge in [0.05, 0.1) is 16.1 Å². The third-order valence-electron chi connectivity index (χ3n) is 3.07. The van der Waals surface area contributed by atoms with E-state index >= 15 is 0 Å². The van der Waals surface area contributed by atoms with E-state index in [0.717, 1.165) is 17.7 Å². The molecule has 6 nitrogen and oxygen atoms in total. The van der Waals surface area contributed by atoms with E-state index in [0.29, 0.717) is 6.54 Å². The van der Waals surface area contributed by atoms with Crippen molar-refractivity contribution in [3.8, 4) is 0 Å². The Morgan fingerprint density at radius 2 is 1.83 bits per heavy atom. The van der Waals surface area contributed by atoms with Gasteiger partial charge in [-0.25, -0.2) is 17.6 Å². The number of nitrogens with one attached hydrogen (secondary N) is 2. The highest BCUT2D eigenvalue weighted by Gasteiger charge is 2.16. The number of carboxylic acid groups (broad SMARTS) is 1. The summed E-state index contributed by atoms with van der Waals surface area (Å²) in [6.45, 7) is 0.607. The van der Waals surface area contributed by atoms with Gasteiger partial charge >= 0.3 is 5.97 Å². The number of halogens is 1.